The zero-order valence-corrected chi connectivity index (χ0v) is 10.2. The van der Waals surface area contributed by atoms with Crippen molar-refractivity contribution in [2.45, 2.75) is 12.8 Å². The first-order valence-corrected chi connectivity index (χ1v) is 6.02. The lowest BCUT2D eigenvalue weighted by Gasteiger charge is -2.32. The molecule has 2 rings (SSSR count). The number of carbonyl (C=O) groups is 1. The first-order chi connectivity index (χ1) is 8.24. The van der Waals surface area contributed by atoms with Crippen LogP contribution in [0, 0.1) is 17.2 Å². The van der Waals surface area contributed by atoms with Crippen LogP contribution in [-0.4, -0.2) is 19.4 Å². The van der Waals surface area contributed by atoms with Crippen molar-refractivity contribution in [2.75, 3.05) is 18.0 Å². The molecule has 0 bridgehead atoms. The zero-order chi connectivity index (χ0) is 12.3. The van der Waals surface area contributed by atoms with Crippen LogP contribution in [0.5, 0.6) is 0 Å². The van der Waals surface area contributed by atoms with Crippen LogP contribution < -0.4 is 4.90 Å². The Bertz CT molecular complexity index is 467. The Labute approximate surface area is 106 Å². The highest BCUT2D eigenvalue weighted by Crippen LogP contribution is 2.27. The third kappa shape index (κ3) is 2.59. The molecule has 88 valence electrons. The van der Waals surface area contributed by atoms with E-state index in [9.17, 15) is 4.79 Å². The van der Waals surface area contributed by atoms with Gasteiger partial charge in [-0.25, -0.2) is 0 Å². The highest BCUT2D eigenvalue weighted by atomic mass is 35.5. The summed E-state index contributed by atoms with van der Waals surface area (Å²) >= 11 is 5.86. The van der Waals surface area contributed by atoms with Crippen LogP contribution >= 0.6 is 11.6 Å². The normalized spacial score (nSPS) is 19.8. The summed E-state index contributed by atoms with van der Waals surface area (Å²) in [7, 11) is 0. The number of nitrogens with zero attached hydrogens (tertiary/aromatic N) is 2. The number of hydrogen-bond donors (Lipinski definition) is 0. The van der Waals surface area contributed by atoms with E-state index in [1.165, 1.54) is 0 Å². The molecule has 0 spiro atoms. The molecule has 1 aliphatic rings. The van der Waals surface area contributed by atoms with Crippen molar-refractivity contribution in [3.63, 3.8) is 0 Å². The van der Waals surface area contributed by atoms with E-state index < -0.39 is 0 Å². The van der Waals surface area contributed by atoms with Crippen LogP contribution in [0.4, 0.5) is 5.69 Å². The third-order valence-corrected chi connectivity index (χ3v) is 3.31. The number of piperidine rings is 1. The second-order valence-electron chi connectivity index (χ2n) is 4.26. The smallest absolute Gasteiger partial charge is 0.124 e. The minimum Gasteiger partial charge on any atom is -0.370 e. The molecule has 0 N–H and O–H groups in total. The summed E-state index contributed by atoms with van der Waals surface area (Å²) in [6, 6.07) is 7.46. The Morgan fingerprint density at radius 1 is 1.53 bits per heavy atom. The van der Waals surface area contributed by atoms with E-state index in [1.807, 2.05) is 6.07 Å². The van der Waals surface area contributed by atoms with Crippen LogP contribution in [-0.2, 0) is 4.79 Å². The second-order valence-corrected chi connectivity index (χ2v) is 4.69. The first-order valence-electron chi connectivity index (χ1n) is 5.64. The van der Waals surface area contributed by atoms with Crippen molar-refractivity contribution in [3.8, 4) is 6.07 Å². The van der Waals surface area contributed by atoms with E-state index in [2.05, 4.69) is 11.0 Å². The second kappa shape index (κ2) is 5.20. The summed E-state index contributed by atoms with van der Waals surface area (Å²) < 4.78 is 0. The summed E-state index contributed by atoms with van der Waals surface area (Å²) in [5, 5.41) is 9.66. The predicted octanol–water partition coefficient (Wildman–Crippen LogP) is 2.63. The molecule has 1 aromatic carbocycles. The van der Waals surface area contributed by atoms with Crippen molar-refractivity contribution in [3.05, 3.63) is 28.8 Å². The molecule has 1 fully saturated rings. The van der Waals surface area contributed by atoms with Crippen molar-refractivity contribution in [2.24, 2.45) is 5.92 Å². The van der Waals surface area contributed by atoms with Gasteiger partial charge in [-0.15, -0.1) is 0 Å². The summed E-state index contributed by atoms with van der Waals surface area (Å²) in [6.45, 7) is 1.58. The minimum atomic E-state index is 0.0750. The van der Waals surface area contributed by atoms with Crippen molar-refractivity contribution < 1.29 is 4.79 Å². The molecule has 0 radical (unpaired) electrons. The van der Waals surface area contributed by atoms with Gasteiger partial charge in [-0.2, -0.15) is 5.26 Å². The van der Waals surface area contributed by atoms with Gasteiger partial charge in [-0.1, -0.05) is 11.6 Å². The Kier molecular flexibility index (Phi) is 3.65. The maximum absolute atomic E-state index is 10.8. The number of anilines is 1. The number of nitriles is 1. The molecule has 1 heterocycles. The minimum absolute atomic E-state index is 0.0750. The van der Waals surface area contributed by atoms with Gasteiger partial charge in [0.25, 0.3) is 0 Å². The van der Waals surface area contributed by atoms with Gasteiger partial charge in [0.05, 0.1) is 11.3 Å². The maximum Gasteiger partial charge on any atom is 0.124 e. The van der Waals surface area contributed by atoms with Crippen LogP contribution in [0.25, 0.3) is 0 Å². The number of benzene rings is 1. The van der Waals surface area contributed by atoms with E-state index in [0.29, 0.717) is 17.1 Å². The molecule has 17 heavy (non-hydrogen) atoms. The topological polar surface area (TPSA) is 44.1 Å². The fourth-order valence-corrected chi connectivity index (χ4v) is 2.39. The predicted molar refractivity (Wildman–Crippen MR) is 67.2 cm³/mol. The highest BCUT2D eigenvalue weighted by molar-refractivity contribution is 6.30. The number of aldehydes is 1. The van der Waals surface area contributed by atoms with E-state index in [4.69, 9.17) is 16.9 Å². The molecule has 1 aromatic rings. The van der Waals surface area contributed by atoms with Crippen molar-refractivity contribution in [1.82, 2.24) is 0 Å². The summed E-state index contributed by atoms with van der Waals surface area (Å²) in [5.74, 6) is 0.0750. The average molecular weight is 249 g/mol. The van der Waals surface area contributed by atoms with E-state index in [-0.39, 0.29) is 5.92 Å². The molecular formula is C13H13ClN2O. The average Bonchev–Trinajstić information content (AvgIpc) is 2.38. The Balaban J connectivity index is 2.27. The molecule has 0 amide bonds. The summed E-state index contributed by atoms with van der Waals surface area (Å²) in [6.07, 6.45) is 2.93. The summed E-state index contributed by atoms with van der Waals surface area (Å²) in [5.41, 5.74) is 1.45. The maximum atomic E-state index is 10.8. The van der Waals surface area contributed by atoms with E-state index >= 15 is 0 Å². The fraction of sp³-hybridized carbons (Fsp3) is 0.385. The third-order valence-electron chi connectivity index (χ3n) is 3.07. The zero-order valence-electron chi connectivity index (χ0n) is 9.40. The Morgan fingerprint density at radius 3 is 3.06 bits per heavy atom. The molecule has 0 saturated carbocycles. The first kappa shape index (κ1) is 11.9. The van der Waals surface area contributed by atoms with Crippen LogP contribution in [0.2, 0.25) is 5.02 Å². The highest BCUT2D eigenvalue weighted by Gasteiger charge is 2.21. The Morgan fingerprint density at radius 2 is 2.35 bits per heavy atom. The lowest BCUT2D eigenvalue weighted by molar-refractivity contribution is -0.111. The molecule has 0 aromatic heterocycles. The SMILES string of the molecule is N#Cc1cc(Cl)ccc1N1CCCC(C=O)C1. The van der Waals surface area contributed by atoms with Gasteiger partial charge in [-0.05, 0) is 31.0 Å². The molecule has 0 aliphatic carbocycles. The molecular weight excluding hydrogens is 236 g/mol. The van der Waals surface area contributed by atoms with Gasteiger partial charge in [-0.3, -0.25) is 0 Å². The number of rotatable bonds is 2. The standard InChI is InChI=1S/C13H13ClN2O/c14-12-3-4-13(11(6-12)7-15)16-5-1-2-10(8-16)9-17/h3-4,6,9-10H,1-2,5,8H2. The molecule has 1 atom stereocenters. The molecule has 3 nitrogen and oxygen atoms in total. The van der Waals surface area contributed by atoms with Crippen LogP contribution in [0.3, 0.4) is 0 Å². The number of hydrogen-bond acceptors (Lipinski definition) is 3. The van der Waals surface area contributed by atoms with E-state index in [0.717, 1.165) is 31.4 Å². The van der Waals surface area contributed by atoms with Gasteiger partial charge >= 0.3 is 0 Å². The lowest BCUT2D eigenvalue weighted by Crippen LogP contribution is -2.36. The Hall–Kier alpha value is -1.53. The largest absolute Gasteiger partial charge is 0.370 e. The van der Waals surface area contributed by atoms with Gasteiger partial charge in [0.1, 0.15) is 12.4 Å². The van der Waals surface area contributed by atoms with Crippen molar-refractivity contribution in [1.29, 1.82) is 5.26 Å². The summed E-state index contributed by atoms with van der Waals surface area (Å²) in [4.78, 5) is 12.9. The molecule has 4 heteroatoms. The van der Waals surface area contributed by atoms with Gasteiger partial charge in [0.15, 0.2) is 0 Å². The quantitative estimate of drug-likeness (QED) is 0.756. The van der Waals surface area contributed by atoms with E-state index in [1.54, 1.807) is 12.1 Å². The fourth-order valence-electron chi connectivity index (χ4n) is 2.21. The molecule has 1 unspecified atom stereocenters. The number of halogens is 1. The van der Waals surface area contributed by atoms with Gasteiger partial charge in [0.2, 0.25) is 0 Å². The van der Waals surface area contributed by atoms with Gasteiger partial charge < -0.3 is 9.69 Å². The lowest BCUT2D eigenvalue weighted by atomic mass is 9.98. The monoisotopic (exact) mass is 248 g/mol. The molecule has 1 aliphatic heterocycles. The van der Waals surface area contributed by atoms with Crippen LogP contribution in [0.15, 0.2) is 18.2 Å². The van der Waals surface area contributed by atoms with Crippen LogP contribution in [0.1, 0.15) is 18.4 Å². The molecule has 1 saturated heterocycles. The number of carbonyl (C=O) groups excluding carboxylic acids is 1. The van der Waals surface area contributed by atoms with Crippen molar-refractivity contribution >= 4 is 23.6 Å². The van der Waals surface area contributed by atoms with Gasteiger partial charge in [0, 0.05) is 24.0 Å².